The van der Waals surface area contributed by atoms with E-state index in [1.807, 2.05) is 6.92 Å². The number of anilines is 1. The molecule has 0 spiro atoms. The predicted octanol–water partition coefficient (Wildman–Crippen LogP) is 3.43. The van der Waals surface area contributed by atoms with Gasteiger partial charge in [0.1, 0.15) is 5.75 Å². The van der Waals surface area contributed by atoms with Crippen LogP contribution in [0.3, 0.4) is 0 Å². The molecule has 8 nitrogen and oxygen atoms in total. The van der Waals surface area contributed by atoms with Crippen LogP contribution >= 0.6 is 0 Å². The van der Waals surface area contributed by atoms with Crippen LogP contribution in [0.1, 0.15) is 71.1 Å². The summed E-state index contributed by atoms with van der Waals surface area (Å²) in [5, 5.41) is 5.97. The Morgan fingerprint density at radius 3 is 2.42 bits per heavy atom. The second-order valence-corrected chi connectivity index (χ2v) is 11.3. The average Bonchev–Trinajstić information content (AvgIpc) is 2.79. The number of benzene rings is 1. The van der Waals surface area contributed by atoms with Crippen molar-refractivity contribution >= 4 is 27.5 Å². The van der Waals surface area contributed by atoms with Gasteiger partial charge in [-0.2, -0.15) is 4.31 Å². The Morgan fingerprint density at radius 2 is 1.76 bits per heavy atom. The zero-order valence-electron chi connectivity index (χ0n) is 19.3. The first-order valence-corrected chi connectivity index (χ1v) is 13.7. The fourth-order valence-electron chi connectivity index (χ4n) is 4.99. The number of piperidine rings is 1. The van der Waals surface area contributed by atoms with E-state index in [4.69, 9.17) is 4.74 Å². The first-order valence-electron chi connectivity index (χ1n) is 12.3. The van der Waals surface area contributed by atoms with E-state index in [0.717, 1.165) is 25.7 Å². The molecule has 2 N–H and O–H groups in total. The molecule has 2 fully saturated rings. The van der Waals surface area contributed by atoms with Gasteiger partial charge in [0.25, 0.3) is 5.91 Å². The number of rotatable bonds is 5. The number of amides is 2. The maximum Gasteiger partial charge on any atom is 0.265 e. The molecular weight excluding hydrogens is 442 g/mol. The number of hydrogen-bond acceptors (Lipinski definition) is 5. The minimum atomic E-state index is -3.72. The lowest BCUT2D eigenvalue weighted by Crippen LogP contribution is -2.45. The number of hydrogen-bond donors (Lipinski definition) is 2. The molecule has 9 heteroatoms. The van der Waals surface area contributed by atoms with Crippen LogP contribution in [0.5, 0.6) is 5.75 Å². The van der Waals surface area contributed by atoms with E-state index in [2.05, 4.69) is 10.6 Å². The standard InChI is InChI=1S/C24H35N3O5S/c1-2-21-24(29)26-20-16-19(10-11-22(20)32-21)33(30,31)27-14-12-17(13-15-27)23(28)25-18-8-6-4-3-5-7-9-18/h10-11,16-18,21H,2-9,12-15H2,1H3,(H,25,28)(H,26,29)/t21-/m0/s1. The van der Waals surface area contributed by atoms with E-state index in [1.54, 1.807) is 6.07 Å². The van der Waals surface area contributed by atoms with Crippen molar-refractivity contribution in [2.45, 2.75) is 88.2 Å². The molecule has 182 valence electrons. The van der Waals surface area contributed by atoms with Crippen LogP contribution in [0.15, 0.2) is 23.1 Å². The molecule has 1 aromatic carbocycles. The number of sulfonamides is 1. The summed E-state index contributed by atoms with van der Waals surface area (Å²) in [6.07, 6.45) is 9.16. The first kappa shape index (κ1) is 24.0. The Kier molecular flexibility index (Phi) is 7.58. The number of carbonyl (C=O) groups is 2. The van der Waals surface area contributed by atoms with Gasteiger partial charge < -0.3 is 15.4 Å². The molecule has 1 aliphatic carbocycles. The summed E-state index contributed by atoms with van der Waals surface area (Å²) in [6, 6.07) is 4.83. The van der Waals surface area contributed by atoms with Crippen LogP contribution in [0, 0.1) is 5.92 Å². The van der Waals surface area contributed by atoms with Crippen LogP contribution in [0.4, 0.5) is 5.69 Å². The van der Waals surface area contributed by atoms with Crippen LogP contribution in [0.2, 0.25) is 0 Å². The molecule has 3 aliphatic rings. The van der Waals surface area contributed by atoms with Crippen molar-refractivity contribution in [2.75, 3.05) is 18.4 Å². The van der Waals surface area contributed by atoms with E-state index in [0.29, 0.717) is 43.8 Å². The minimum Gasteiger partial charge on any atom is -0.478 e. The molecule has 0 bridgehead atoms. The minimum absolute atomic E-state index is 0.0664. The van der Waals surface area contributed by atoms with Crippen LogP contribution in [0.25, 0.3) is 0 Å². The van der Waals surface area contributed by atoms with E-state index < -0.39 is 16.1 Å². The fourth-order valence-corrected chi connectivity index (χ4v) is 6.48. The molecule has 0 unspecified atom stereocenters. The Hall–Kier alpha value is -2.13. The summed E-state index contributed by atoms with van der Waals surface area (Å²) in [4.78, 5) is 25.0. The highest BCUT2D eigenvalue weighted by atomic mass is 32.2. The highest BCUT2D eigenvalue weighted by Gasteiger charge is 2.34. The molecule has 4 rings (SSSR count). The van der Waals surface area contributed by atoms with Gasteiger partial charge in [-0.3, -0.25) is 9.59 Å². The number of nitrogens with one attached hydrogen (secondary N) is 2. The first-order chi connectivity index (χ1) is 15.9. The van der Waals surface area contributed by atoms with Crippen molar-refractivity contribution in [3.63, 3.8) is 0 Å². The maximum atomic E-state index is 13.2. The zero-order chi connectivity index (χ0) is 23.4. The van der Waals surface area contributed by atoms with Gasteiger partial charge in [-0.15, -0.1) is 0 Å². The van der Waals surface area contributed by atoms with Crippen molar-refractivity contribution in [1.82, 2.24) is 9.62 Å². The number of fused-ring (bicyclic) bond motifs is 1. The van der Waals surface area contributed by atoms with Gasteiger partial charge in [-0.1, -0.05) is 39.0 Å². The van der Waals surface area contributed by atoms with Crippen LogP contribution < -0.4 is 15.4 Å². The quantitative estimate of drug-likeness (QED) is 0.676. The third-order valence-corrected chi connectivity index (χ3v) is 8.95. The van der Waals surface area contributed by atoms with Crippen molar-refractivity contribution in [3.8, 4) is 5.75 Å². The number of ether oxygens (including phenoxy) is 1. The van der Waals surface area contributed by atoms with E-state index in [-0.39, 0.29) is 28.7 Å². The van der Waals surface area contributed by atoms with Gasteiger partial charge in [0.05, 0.1) is 10.6 Å². The third-order valence-electron chi connectivity index (χ3n) is 7.06. The predicted molar refractivity (Wildman–Crippen MR) is 126 cm³/mol. The van der Waals surface area contributed by atoms with Gasteiger partial charge >= 0.3 is 0 Å². The van der Waals surface area contributed by atoms with Gasteiger partial charge in [0.15, 0.2) is 6.10 Å². The molecule has 0 radical (unpaired) electrons. The lowest BCUT2D eigenvalue weighted by molar-refractivity contribution is -0.127. The van der Waals surface area contributed by atoms with Gasteiger partial charge in [-0.05, 0) is 50.3 Å². The molecule has 1 atom stereocenters. The van der Waals surface area contributed by atoms with Crippen molar-refractivity contribution in [2.24, 2.45) is 5.92 Å². The lowest BCUT2D eigenvalue weighted by Gasteiger charge is -2.32. The Balaban J connectivity index is 1.35. The highest BCUT2D eigenvalue weighted by Crippen LogP contribution is 2.34. The largest absolute Gasteiger partial charge is 0.478 e. The zero-order valence-corrected chi connectivity index (χ0v) is 20.2. The molecule has 2 heterocycles. The smallest absolute Gasteiger partial charge is 0.265 e. The van der Waals surface area contributed by atoms with Crippen molar-refractivity contribution in [1.29, 1.82) is 0 Å². The maximum absolute atomic E-state index is 13.2. The van der Waals surface area contributed by atoms with Gasteiger partial charge in [0.2, 0.25) is 15.9 Å². The summed E-state index contributed by atoms with van der Waals surface area (Å²) >= 11 is 0. The summed E-state index contributed by atoms with van der Waals surface area (Å²) in [5.74, 6) is 0.126. The van der Waals surface area contributed by atoms with Crippen LogP contribution in [-0.4, -0.2) is 49.8 Å². The summed E-state index contributed by atoms with van der Waals surface area (Å²) in [6.45, 7) is 2.47. The molecular formula is C24H35N3O5S. The fraction of sp³-hybridized carbons (Fsp3) is 0.667. The summed E-state index contributed by atoms with van der Waals surface area (Å²) < 4.78 is 33.5. The summed E-state index contributed by atoms with van der Waals surface area (Å²) in [5.41, 5.74) is 0.374. The molecule has 1 saturated heterocycles. The average molecular weight is 478 g/mol. The molecule has 1 aromatic rings. The van der Waals surface area contributed by atoms with Gasteiger partial charge in [-0.25, -0.2) is 8.42 Å². The third kappa shape index (κ3) is 5.51. The van der Waals surface area contributed by atoms with Crippen LogP contribution in [-0.2, 0) is 19.6 Å². The summed E-state index contributed by atoms with van der Waals surface area (Å²) in [7, 11) is -3.72. The lowest BCUT2D eigenvalue weighted by atomic mass is 9.94. The molecule has 0 aromatic heterocycles. The molecule has 2 amide bonds. The second kappa shape index (κ2) is 10.4. The van der Waals surface area contributed by atoms with Crippen molar-refractivity contribution < 1.29 is 22.7 Å². The van der Waals surface area contributed by atoms with Gasteiger partial charge in [0, 0.05) is 25.0 Å². The van der Waals surface area contributed by atoms with E-state index in [9.17, 15) is 18.0 Å². The topological polar surface area (TPSA) is 105 Å². The second-order valence-electron chi connectivity index (χ2n) is 9.39. The Labute approximate surface area is 196 Å². The number of carbonyl (C=O) groups excluding carboxylic acids is 2. The van der Waals surface area contributed by atoms with E-state index in [1.165, 1.54) is 35.7 Å². The number of nitrogens with zero attached hydrogens (tertiary/aromatic N) is 1. The SMILES string of the molecule is CC[C@@H]1Oc2ccc(S(=O)(=O)N3CCC(C(=O)NC4CCCCCCC4)CC3)cc2NC1=O. The van der Waals surface area contributed by atoms with E-state index >= 15 is 0 Å². The normalized spacial score (nSPS) is 23.5. The molecule has 1 saturated carbocycles. The van der Waals surface area contributed by atoms with Crippen molar-refractivity contribution in [3.05, 3.63) is 18.2 Å². The Bertz CT molecular complexity index is 964. The molecule has 33 heavy (non-hydrogen) atoms. The Morgan fingerprint density at radius 1 is 1.09 bits per heavy atom. The molecule has 2 aliphatic heterocycles. The highest BCUT2D eigenvalue weighted by molar-refractivity contribution is 7.89. The monoisotopic (exact) mass is 477 g/mol.